The molecule has 0 atom stereocenters. The van der Waals surface area contributed by atoms with Gasteiger partial charge in [0.25, 0.3) is 0 Å². The van der Waals surface area contributed by atoms with Gasteiger partial charge in [-0.25, -0.2) is 9.78 Å². The number of carbonyl (C=O) groups is 1. The molecule has 0 saturated carbocycles. The number of nitrogens with zero attached hydrogens (tertiary/aromatic N) is 3. The van der Waals surface area contributed by atoms with Crippen molar-refractivity contribution in [3.05, 3.63) is 53.0 Å². The van der Waals surface area contributed by atoms with Crippen molar-refractivity contribution in [3.63, 3.8) is 0 Å². The predicted octanol–water partition coefficient (Wildman–Crippen LogP) is 3.41. The average molecular weight is 340 g/mol. The molecule has 0 spiro atoms. The van der Waals surface area contributed by atoms with E-state index in [1.54, 1.807) is 23.0 Å². The first-order chi connectivity index (χ1) is 12.0. The van der Waals surface area contributed by atoms with Gasteiger partial charge in [-0.3, -0.25) is 9.72 Å². The number of amides is 1. The van der Waals surface area contributed by atoms with Crippen molar-refractivity contribution in [3.8, 4) is 5.75 Å². The summed E-state index contributed by atoms with van der Waals surface area (Å²) in [6, 6.07) is 4.26. The van der Waals surface area contributed by atoms with Gasteiger partial charge < -0.3 is 9.47 Å². The van der Waals surface area contributed by atoms with E-state index in [-0.39, 0.29) is 0 Å². The number of ether oxygens (including phenoxy) is 2. The van der Waals surface area contributed by atoms with Crippen LogP contribution in [0.5, 0.6) is 5.75 Å². The Hall–Kier alpha value is -3.09. The van der Waals surface area contributed by atoms with Crippen LogP contribution in [0.3, 0.4) is 0 Å². The third kappa shape index (κ3) is 3.71. The van der Waals surface area contributed by atoms with Gasteiger partial charge in [0.15, 0.2) is 11.6 Å². The van der Waals surface area contributed by atoms with Crippen LogP contribution in [0, 0.1) is 20.8 Å². The van der Waals surface area contributed by atoms with Crippen molar-refractivity contribution in [2.45, 2.75) is 27.4 Å². The number of hydrogen-bond acceptors (Lipinski definition) is 5. The number of methoxy groups -OCH3 is 1. The molecule has 1 N–H and O–H groups in total. The fraction of sp³-hybridized carbons (Fsp3) is 0.278. The van der Waals surface area contributed by atoms with Gasteiger partial charge in [0, 0.05) is 0 Å². The quantitative estimate of drug-likeness (QED) is 0.787. The maximum absolute atomic E-state index is 11.2. The molecular formula is C18H20N4O3. The fourth-order valence-corrected chi connectivity index (χ4v) is 2.53. The number of nitrogens with one attached hydrogen (secondary N) is 1. The molecule has 2 aromatic heterocycles. The Bertz CT molecular complexity index is 910. The molecule has 0 aliphatic heterocycles. The van der Waals surface area contributed by atoms with Crippen LogP contribution in [0.1, 0.15) is 22.3 Å². The summed E-state index contributed by atoms with van der Waals surface area (Å²) in [7, 11) is 1.30. The van der Waals surface area contributed by atoms with Crippen LogP contribution in [0.2, 0.25) is 0 Å². The van der Waals surface area contributed by atoms with Crippen molar-refractivity contribution in [1.29, 1.82) is 0 Å². The van der Waals surface area contributed by atoms with Gasteiger partial charge in [-0.2, -0.15) is 4.98 Å². The molecule has 3 rings (SSSR count). The molecule has 0 aliphatic rings. The van der Waals surface area contributed by atoms with E-state index in [1.165, 1.54) is 23.8 Å². The molecule has 1 aromatic carbocycles. The Morgan fingerprint density at radius 1 is 1.20 bits per heavy atom. The normalized spacial score (nSPS) is 10.7. The van der Waals surface area contributed by atoms with Crippen LogP contribution in [0.25, 0.3) is 5.78 Å². The number of anilines is 1. The van der Waals surface area contributed by atoms with E-state index in [0.29, 0.717) is 24.0 Å². The molecule has 7 heteroatoms. The fourth-order valence-electron chi connectivity index (χ4n) is 2.53. The predicted molar refractivity (Wildman–Crippen MR) is 94.0 cm³/mol. The van der Waals surface area contributed by atoms with E-state index in [2.05, 4.69) is 52.9 Å². The number of aryl methyl sites for hydroxylation is 2. The summed E-state index contributed by atoms with van der Waals surface area (Å²) in [6.07, 6.45) is 4.45. The second-order valence-electron chi connectivity index (χ2n) is 5.88. The van der Waals surface area contributed by atoms with E-state index < -0.39 is 6.09 Å². The minimum Gasteiger partial charge on any atom is -0.486 e. The molecule has 25 heavy (non-hydrogen) atoms. The molecule has 1 amide bonds. The molecule has 3 aromatic rings. The number of fused-ring (bicyclic) bond motifs is 1. The molecule has 0 unspecified atom stereocenters. The minimum absolute atomic E-state index is 0.362. The summed E-state index contributed by atoms with van der Waals surface area (Å²) < 4.78 is 12.1. The lowest BCUT2D eigenvalue weighted by atomic mass is 10.0. The molecule has 0 fully saturated rings. The van der Waals surface area contributed by atoms with Crippen molar-refractivity contribution >= 4 is 17.7 Å². The maximum atomic E-state index is 11.2. The molecule has 0 saturated heterocycles. The van der Waals surface area contributed by atoms with Gasteiger partial charge in [-0.05, 0) is 43.0 Å². The third-order valence-corrected chi connectivity index (χ3v) is 4.09. The summed E-state index contributed by atoms with van der Waals surface area (Å²) in [5.41, 5.74) is 4.91. The van der Waals surface area contributed by atoms with Crippen LogP contribution in [-0.4, -0.2) is 27.6 Å². The Kier molecular flexibility index (Phi) is 4.56. The number of rotatable bonds is 4. The summed E-state index contributed by atoms with van der Waals surface area (Å²) >= 11 is 0. The molecule has 0 bridgehead atoms. The van der Waals surface area contributed by atoms with E-state index >= 15 is 0 Å². The zero-order chi connectivity index (χ0) is 18.0. The van der Waals surface area contributed by atoms with Gasteiger partial charge in [0.05, 0.1) is 25.7 Å². The average Bonchev–Trinajstić information content (AvgIpc) is 2.98. The molecule has 7 nitrogen and oxygen atoms in total. The Labute approximate surface area is 145 Å². The lowest BCUT2D eigenvalue weighted by Crippen LogP contribution is -2.10. The Balaban J connectivity index is 1.74. The first kappa shape index (κ1) is 16.8. The standard InChI is InChI=1S/C18H20N4O3/c1-11-5-14(6-12(2)13(11)3)10-25-15-7-19-17-20-16(9-22(17)8-15)21-18(23)24-4/h5-9H,10H2,1-4H3,(H,21,23). The van der Waals surface area contributed by atoms with Crippen molar-refractivity contribution < 1.29 is 14.3 Å². The largest absolute Gasteiger partial charge is 0.486 e. The van der Waals surface area contributed by atoms with E-state index in [4.69, 9.17) is 4.74 Å². The number of hydrogen-bond donors (Lipinski definition) is 1. The summed E-state index contributed by atoms with van der Waals surface area (Å²) in [5.74, 6) is 1.44. The first-order valence-corrected chi connectivity index (χ1v) is 7.85. The van der Waals surface area contributed by atoms with E-state index in [1.807, 2.05) is 0 Å². The van der Waals surface area contributed by atoms with Crippen molar-refractivity contribution in [1.82, 2.24) is 14.4 Å². The highest BCUT2D eigenvalue weighted by Gasteiger charge is 2.08. The van der Waals surface area contributed by atoms with Gasteiger partial charge >= 0.3 is 6.09 Å². The number of carbonyl (C=O) groups excluding carboxylic acids is 1. The van der Waals surface area contributed by atoms with E-state index in [0.717, 1.165) is 5.56 Å². The lowest BCUT2D eigenvalue weighted by molar-refractivity contribution is 0.187. The van der Waals surface area contributed by atoms with Gasteiger partial charge in [0.2, 0.25) is 5.78 Å². The highest BCUT2D eigenvalue weighted by Crippen LogP contribution is 2.18. The summed E-state index contributed by atoms with van der Waals surface area (Å²) in [6.45, 7) is 6.77. The number of imidazole rings is 1. The molecule has 0 radical (unpaired) electrons. The van der Waals surface area contributed by atoms with Gasteiger partial charge in [-0.15, -0.1) is 0 Å². The molecule has 130 valence electrons. The highest BCUT2D eigenvalue weighted by molar-refractivity contribution is 5.83. The lowest BCUT2D eigenvalue weighted by Gasteiger charge is -2.10. The second-order valence-corrected chi connectivity index (χ2v) is 5.88. The zero-order valence-electron chi connectivity index (χ0n) is 14.7. The molecule has 0 aliphatic carbocycles. The first-order valence-electron chi connectivity index (χ1n) is 7.85. The monoisotopic (exact) mass is 340 g/mol. The zero-order valence-corrected chi connectivity index (χ0v) is 14.7. The van der Waals surface area contributed by atoms with Gasteiger partial charge in [-0.1, -0.05) is 12.1 Å². The minimum atomic E-state index is -0.579. The summed E-state index contributed by atoms with van der Waals surface area (Å²) in [5, 5.41) is 2.50. The number of benzene rings is 1. The molecular weight excluding hydrogens is 320 g/mol. The Morgan fingerprint density at radius 2 is 1.92 bits per heavy atom. The van der Waals surface area contributed by atoms with Crippen LogP contribution >= 0.6 is 0 Å². The van der Waals surface area contributed by atoms with E-state index in [9.17, 15) is 4.79 Å². The van der Waals surface area contributed by atoms with Crippen LogP contribution in [0.4, 0.5) is 10.6 Å². The van der Waals surface area contributed by atoms with Crippen molar-refractivity contribution in [2.24, 2.45) is 0 Å². The summed E-state index contributed by atoms with van der Waals surface area (Å²) in [4.78, 5) is 19.6. The van der Waals surface area contributed by atoms with Crippen LogP contribution in [0.15, 0.2) is 30.7 Å². The maximum Gasteiger partial charge on any atom is 0.412 e. The van der Waals surface area contributed by atoms with Crippen molar-refractivity contribution in [2.75, 3.05) is 12.4 Å². The van der Waals surface area contributed by atoms with Crippen LogP contribution in [-0.2, 0) is 11.3 Å². The Morgan fingerprint density at radius 3 is 2.60 bits per heavy atom. The highest BCUT2D eigenvalue weighted by atomic mass is 16.5. The SMILES string of the molecule is COC(=O)Nc1cn2cc(OCc3cc(C)c(C)c(C)c3)cnc2n1. The topological polar surface area (TPSA) is 77.8 Å². The second kappa shape index (κ2) is 6.80. The third-order valence-electron chi connectivity index (χ3n) is 4.09. The van der Waals surface area contributed by atoms with Crippen LogP contribution < -0.4 is 10.1 Å². The smallest absolute Gasteiger partial charge is 0.412 e. The van der Waals surface area contributed by atoms with Gasteiger partial charge in [0.1, 0.15) is 6.61 Å². The molecule has 2 heterocycles. The number of aromatic nitrogens is 3.